The normalized spacial score (nSPS) is 14.4. The van der Waals surface area contributed by atoms with E-state index in [4.69, 9.17) is 4.74 Å². The molecule has 0 bridgehead atoms. The van der Waals surface area contributed by atoms with Crippen molar-refractivity contribution in [1.29, 1.82) is 0 Å². The summed E-state index contributed by atoms with van der Waals surface area (Å²) in [7, 11) is 0. The number of nitrogens with zero attached hydrogens (tertiary/aromatic N) is 3. The van der Waals surface area contributed by atoms with Crippen LogP contribution in [0.25, 0.3) is 0 Å². The molecule has 0 aromatic heterocycles. The van der Waals surface area contributed by atoms with Gasteiger partial charge in [0.15, 0.2) is 6.61 Å². The Labute approximate surface area is 136 Å². The number of likely N-dealkylation sites (N-methyl/N-ethyl adjacent to an activating group) is 1. The second-order valence-corrected chi connectivity index (χ2v) is 4.75. The molecule has 1 amide bonds. The third kappa shape index (κ3) is 4.35. The molecule has 0 saturated carbocycles. The Bertz CT molecular complexity index is 533. The minimum atomic E-state index is -0.165. The van der Waals surface area contributed by atoms with Crippen LogP contribution in [-0.2, 0) is 9.53 Å². The number of para-hydroxylation sites is 1. The fraction of sp³-hybridized carbons (Fsp3) is 0.467. The van der Waals surface area contributed by atoms with Crippen LogP contribution in [0, 0.1) is 0 Å². The summed E-state index contributed by atoms with van der Waals surface area (Å²) < 4.78 is 5.33. The standard InChI is InChI=1S/C15H21N3O3.ClH/c1-3-17(4-2)9-10-18-14(20)11-21-15(16-18)12-7-5-6-8-13(12)19;/h5-8,19H,3-4,9-11H2,1-2H3;1H. The highest BCUT2D eigenvalue weighted by Gasteiger charge is 2.24. The highest BCUT2D eigenvalue weighted by Crippen LogP contribution is 2.19. The van der Waals surface area contributed by atoms with Gasteiger partial charge in [0.25, 0.3) is 5.91 Å². The molecule has 0 spiro atoms. The maximum atomic E-state index is 11.9. The van der Waals surface area contributed by atoms with Crippen molar-refractivity contribution in [2.45, 2.75) is 13.8 Å². The summed E-state index contributed by atoms with van der Waals surface area (Å²) in [5, 5.41) is 15.5. The highest BCUT2D eigenvalue weighted by molar-refractivity contribution is 5.99. The second-order valence-electron chi connectivity index (χ2n) is 4.75. The first-order valence-corrected chi connectivity index (χ1v) is 7.18. The average molecular weight is 328 g/mol. The molecule has 6 nitrogen and oxygen atoms in total. The van der Waals surface area contributed by atoms with Crippen LogP contribution in [0.1, 0.15) is 19.4 Å². The number of carbonyl (C=O) groups is 1. The fourth-order valence-corrected chi connectivity index (χ4v) is 2.14. The van der Waals surface area contributed by atoms with Crippen LogP contribution in [0.15, 0.2) is 29.4 Å². The zero-order valence-corrected chi connectivity index (χ0v) is 13.7. The maximum Gasteiger partial charge on any atom is 0.280 e. The molecule has 0 atom stereocenters. The number of phenolic OH excluding ortho intramolecular Hbond substituents is 1. The number of hydrazone groups is 1. The number of hydrogen-bond donors (Lipinski definition) is 1. The van der Waals surface area contributed by atoms with Gasteiger partial charge >= 0.3 is 0 Å². The summed E-state index contributed by atoms with van der Waals surface area (Å²) >= 11 is 0. The molecule has 1 heterocycles. The lowest BCUT2D eigenvalue weighted by atomic mass is 10.2. The van der Waals surface area contributed by atoms with Gasteiger partial charge in [-0.1, -0.05) is 26.0 Å². The molecule has 1 aromatic rings. The number of carbonyl (C=O) groups excluding carboxylic acids is 1. The van der Waals surface area contributed by atoms with Gasteiger partial charge in [-0.15, -0.1) is 17.5 Å². The molecule has 1 aliphatic rings. The van der Waals surface area contributed by atoms with Crippen molar-refractivity contribution < 1.29 is 14.6 Å². The lowest BCUT2D eigenvalue weighted by molar-refractivity contribution is -0.135. The van der Waals surface area contributed by atoms with E-state index in [1.807, 2.05) is 0 Å². The van der Waals surface area contributed by atoms with E-state index in [0.29, 0.717) is 12.1 Å². The van der Waals surface area contributed by atoms with Crippen LogP contribution in [-0.4, -0.2) is 59.6 Å². The zero-order valence-electron chi connectivity index (χ0n) is 12.9. The van der Waals surface area contributed by atoms with Crippen molar-refractivity contribution in [3.05, 3.63) is 29.8 Å². The molecule has 0 radical (unpaired) electrons. The van der Waals surface area contributed by atoms with E-state index in [0.717, 1.165) is 19.6 Å². The van der Waals surface area contributed by atoms with Gasteiger partial charge in [0.05, 0.1) is 12.1 Å². The molecule has 22 heavy (non-hydrogen) atoms. The Kier molecular flexibility index (Phi) is 7.14. The molecule has 1 aliphatic heterocycles. The van der Waals surface area contributed by atoms with Gasteiger partial charge in [-0.05, 0) is 25.2 Å². The molecular formula is C15H22ClN3O3. The Morgan fingerprint density at radius 1 is 1.32 bits per heavy atom. The number of halogens is 1. The van der Waals surface area contributed by atoms with E-state index >= 15 is 0 Å². The first kappa shape index (κ1) is 18.3. The average Bonchev–Trinajstić information content (AvgIpc) is 2.50. The van der Waals surface area contributed by atoms with Crippen molar-refractivity contribution in [3.63, 3.8) is 0 Å². The van der Waals surface area contributed by atoms with E-state index in [2.05, 4.69) is 23.8 Å². The lowest BCUT2D eigenvalue weighted by Gasteiger charge is -2.26. The van der Waals surface area contributed by atoms with Gasteiger partial charge in [-0.3, -0.25) is 4.79 Å². The third-order valence-corrected chi connectivity index (χ3v) is 3.49. The Morgan fingerprint density at radius 2 is 2.00 bits per heavy atom. The Morgan fingerprint density at radius 3 is 2.64 bits per heavy atom. The maximum absolute atomic E-state index is 11.9. The predicted octanol–water partition coefficient (Wildman–Crippen LogP) is 1.68. The quantitative estimate of drug-likeness (QED) is 0.863. The number of aromatic hydroxyl groups is 1. The summed E-state index contributed by atoms with van der Waals surface area (Å²) in [4.78, 5) is 14.1. The number of phenols is 1. The van der Waals surface area contributed by atoms with Crippen LogP contribution in [0.5, 0.6) is 5.75 Å². The lowest BCUT2D eigenvalue weighted by Crippen LogP contribution is -2.41. The second kappa shape index (κ2) is 8.60. The number of benzene rings is 1. The van der Waals surface area contributed by atoms with E-state index in [1.165, 1.54) is 5.01 Å². The minimum absolute atomic E-state index is 0. The van der Waals surface area contributed by atoms with Gasteiger partial charge in [0.1, 0.15) is 5.75 Å². The molecule has 0 saturated heterocycles. The van der Waals surface area contributed by atoms with Crippen LogP contribution in [0.4, 0.5) is 0 Å². The van der Waals surface area contributed by atoms with Gasteiger partial charge in [-0.25, -0.2) is 5.01 Å². The molecule has 7 heteroatoms. The Hall–Kier alpha value is -1.79. The number of amides is 1. The SMILES string of the molecule is CCN(CC)CCN1N=C(c2ccccc2O)OCC1=O.Cl. The van der Waals surface area contributed by atoms with Crippen LogP contribution in [0.2, 0.25) is 0 Å². The monoisotopic (exact) mass is 327 g/mol. The van der Waals surface area contributed by atoms with Gasteiger partial charge in [-0.2, -0.15) is 0 Å². The van der Waals surface area contributed by atoms with E-state index in [1.54, 1.807) is 24.3 Å². The molecule has 0 unspecified atom stereocenters. The molecule has 0 fully saturated rings. The fourth-order valence-electron chi connectivity index (χ4n) is 2.14. The smallest absolute Gasteiger partial charge is 0.280 e. The number of ether oxygens (including phenoxy) is 1. The van der Waals surface area contributed by atoms with Crippen LogP contribution < -0.4 is 0 Å². The van der Waals surface area contributed by atoms with Crippen molar-refractivity contribution in [3.8, 4) is 5.75 Å². The first-order chi connectivity index (χ1) is 10.2. The summed E-state index contributed by atoms with van der Waals surface area (Å²) in [6.45, 7) is 7.27. The molecule has 1 N–H and O–H groups in total. The van der Waals surface area contributed by atoms with Crippen molar-refractivity contribution in [2.75, 3.05) is 32.8 Å². The van der Waals surface area contributed by atoms with Crippen LogP contribution >= 0.6 is 12.4 Å². The number of hydrogen-bond acceptors (Lipinski definition) is 5. The van der Waals surface area contributed by atoms with Gasteiger partial charge in [0.2, 0.25) is 5.90 Å². The molecule has 2 rings (SSSR count). The van der Waals surface area contributed by atoms with Gasteiger partial charge < -0.3 is 14.7 Å². The van der Waals surface area contributed by atoms with Crippen molar-refractivity contribution >= 4 is 24.2 Å². The zero-order chi connectivity index (χ0) is 15.2. The topological polar surface area (TPSA) is 65.4 Å². The van der Waals surface area contributed by atoms with Crippen molar-refractivity contribution in [1.82, 2.24) is 9.91 Å². The summed E-state index contributed by atoms with van der Waals surface area (Å²) in [6.07, 6.45) is 0. The molecule has 122 valence electrons. The molecular weight excluding hydrogens is 306 g/mol. The van der Waals surface area contributed by atoms with Gasteiger partial charge in [0, 0.05) is 6.54 Å². The summed E-state index contributed by atoms with van der Waals surface area (Å²) in [6, 6.07) is 6.80. The minimum Gasteiger partial charge on any atom is -0.507 e. The highest BCUT2D eigenvalue weighted by atomic mass is 35.5. The Balaban J connectivity index is 0.00000242. The van der Waals surface area contributed by atoms with Crippen molar-refractivity contribution in [2.24, 2.45) is 5.10 Å². The summed E-state index contributed by atoms with van der Waals surface area (Å²) in [5.41, 5.74) is 0.498. The van der Waals surface area contributed by atoms with E-state index < -0.39 is 0 Å². The largest absolute Gasteiger partial charge is 0.507 e. The van der Waals surface area contributed by atoms with E-state index in [9.17, 15) is 9.90 Å². The molecule has 0 aliphatic carbocycles. The third-order valence-electron chi connectivity index (χ3n) is 3.49. The van der Waals surface area contributed by atoms with Crippen LogP contribution in [0.3, 0.4) is 0 Å². The predicted molar refractivity (Wildman–Crippen MR) is 87.3 cm³/mol. The first-order valence-electron chi connectivity index (χ1n) is 7.18. The summed E-state index contributed by atoms with van der Waals surface area (Å²) in [5.74, 6) is 0.211. The van der Waals surface area contributed by atoms with E-state index in [-0.39, 0.29) is 36.6 Å². The number of rotatable bonds is 6. The molecule has 1 aromatic carbocycles.